The molecule has 0 atom stereocenters. The maximum atomic E-state index is 11.8. The third kappa shape index (κ3) is 2.08. The summed E-state index contributed by atoms with van der Waals surface area (Å²) in [6.07, 6.45) is 1.06. The van der Waals surface area contributed by atoms with Crippen LogP contribution < -0.4 is 11.2 Å². The molecule has 0 aliphatic heterocycles. The molecule has 0 aliphatic rings. The van der Waals surface area contributed by atoms with Crippen molar-refractivity contribution in [2.24, 2.45) is 0 Å². The highest BCUT2D eigenvalue weighted by Gasteiger charge is 2.16. The van der Waals surface area contributed by atoms with Gasteiger partial charge in [0.05, 0.1) is 16.2 Å². The van der Waals surface area contributed by atoms with Gasteiger partial charge in [-0.25, -0.2) is 4.79 Å². The van der Waals surface area contributed by atoms with Crippen molar-refractivity contribution >= 4 is 5.69 Å². The Morgan fingerprint density at radius 3 is 2.70 bits per heavy atom. The van der Waals surface area contributed by atoms with Crippen molar-refractivity contribution in [1.29, 1.82) is 5.26 Å². The number of hydrogen-bond donors (Lipinski definition) is 1. The van der Waals surface area contributed by atoms with Crippen LogP contribution in [0.15, 0.2) is 34.0 Å². The molecule has 0 saturated heterocycles. The van der Waals surface area contributed by atoms with Gasteiger partial charge in [0.15, 0.2) is 0 Å². The zero-order chi connectivity index (χ0) is 14.9. The first-order valence-electron chi connectivity index (χ1n) is 5.46. The largest absolute Gasteiger partial charge is 0.332 e. The van der Waals surface area contributed by atoms with Crippen LogP contribution in [0.2, 0.25) is 0 Å². The smallest absolute Gasteiger partial charge is 0.273 e. The van der Waals surface area contributed by atoms with Crippen LogP contribution >= 0.6 is 0 Å². The molecular formula is C12H8N4O4. The summed E-state index contributed by atoms with van der Waals surface area (Å²) < 4.78 is 1.00. The third-order valence-corrected chi connectivity index (χ3v) is 2.80. The molecule has 0 bridgehead atoms. The second-order valence-corrected chi connectivity index (χ2v) is 3.96. The molecule has 1 aromatic heterocycles. The van der Waals surface area contributed by atoms with Crippen molar-refractivity contribution in [3.8, 4) is 11.8 Å². The molecule has 0 fully saturated rings. The number of hydrogen-bond acceptors (Lipinski definition) is 5. The SMILES string of the molecule is Cc1c(-n2cc(C#N)c(=O)[nH]c2=O)cccc1[N+](=O)[O-]. The summed E-state index contributed by atoms with van der Waals surface area (Å²) in [5, 5.41) is 19.7. The van der Waals surface area contributed by atoms with Crippen LogP contribution in [0.4, 0.5) is 5.69 Å². The second-order valence-electron chi connectivity index (χ2n) is 3.96. The molecule has 1 aromatic carbocycles. The summed E-state index contributed by atoms with van der Waals surface area (Å²) in [4.78, 5) is 35.4. The number of aromatic amines is 1. The summed E-state index contributed by atoms with van der Waals surface area (Å²) in [5.74, 6) is 0. The molecule has 0 saturated carbocycles. The molecular weight excluding hydrogens is 264 g/mol. The summed E-state index contributed by atoms with van der Waals surface area (Å²) in [6.45, 7) is 1.48. The predicted octanol–water partition coefficient (Wildman–Crippen LogP) is 0.614. The number of nitrogens with zero attached hydrogens (tertiary/aromatic N) is 3. The van der Waals surface area contributed by atoms with Crippen LogP contribution in [0.3, 0.4) is 0 Å². The summed E-state index contributed by atoms with van der Waals surface area (Å²) in [5.41, 5.74) is -1.48. The Hall–Kier alpha value is -3.21. The average Bonchev–Trinajstić information content (AvgIpc) is 2.39. The fourth-order valence-electron chi connectivity index (χ4n) is 1.80. The minimum absolute atomic E-state index is 0.154. The van der Waals surface area contributed by atoms with Crippen molar-refractivity contribution < 1.29 is 4.92 Å². The van der Waals surface area contributed by atoms with Gasteiger partial charge >= 0.3 is 5.69 Å². The Morgan fingerprint density at radius 1 is 1.40 bits per heavy atom. The lowest BCUT2D eigenvalue weighted by Gasteiger charge is -2.08. The van der Waals surface area contributed by atoms with Gasteiger partial charge in [-0.3, -0.25) is 24.5 Å². The highest BCUT2D eigenvalue weighted by Crippen LogP contribution is 2.22. The van der Waals surface area contributed by atoms with Gasteiger partial charge in [0.1, 0.15) is 11.6 Å². The first-order chi connectivity index (χ1) is 9.45. The standard InChI is InChI=1S/C12H8N4O4/c1-7-9(3-2-4-10(7)16(19)20)15-6-8(5-13)11(17)14-12(15)18/h2-4,6H,1H3,(H,14,17,18). The Morgan fingerprint density at radius 2 is 2.10 bits per heavy atom. The van der Waals surface area contributed by atoms with Crippen LogP contribution in [0.25, 0.3) is 5.69 Å². The minimum atomic E-state index is -0.795. The monoisotopic (exact) mass is 272 g/mol. The van der Waals surface area contributed by atoms with Crippen LogP contribution in [-0.4, -0.2) is 14.5 Å². The van der Waals surface area contributed by atoms with Gasteiger partial charge in [0, 0.05) is 12.3 Å². The van der Waals surface area contributed by atoms with E-state index in [-0.39, 0.29) is 22.5 Å². The Bertz CT molecular complexity index is 857. The fourth-order valence-corrected chi connectivity index (χ4v) is 1.80. The number of nitriles is 1. The van der Waals surface area contributed by atoms with Crippen LogP contribution in [0.1, 0.15) is 11.1 Å². The van der Waals surface area contributed by atoms with E-state index >= 15 is 0 Å². The molecule has 100 valence electrons. The number of nitro groups is 1. The molecule has 0 unspecified atom stereocenters. The van der Waals surface area contributed by atoms with Crippen LogP contribution in [0, 0.1) is 28.4 Å². The van der Waals surface area contributed by atoms with E-state index < -0.39 is 16.2 Å². The number of nitro benzene ring substituents is 1. The molecule has 1 N–H and O–H groups in total. The Kier molecular flexibility index (Phi) is 3.18. The Balaban J connectivity index is 2.80. The minimum Gasteiger partial charge on any atom is -0.273 e. The van der Waals surface area contributed by atoms with Crippen LogP contribution in [0.5, 0.6) is 0 Å². The second kappa shape index (κ2) is 4.81. The number of H-pyrrole nitrogens is 1. The van der Waals surface area contributed by atoms with Crippen molar-refractivity contribution in [2.75, 3.05) is 0 Å². The maximum Gasteiger partial charge on any atom is 0.332 e. The van der Waals surface area contributed by atoms with Crippen molar-refractivity contribution in [1.82, 2.24) is 9.55 Å². The highest BCUT2D eigenvalue weighted by molar-refractivity contribution is 5.52. The summed E-state index contributed by atoms with van der Waals surface area (Å²) in [7, 11) is 0. The molecule has 0 aliphatic carbocycles. The third-order valence-electron chi connectivity index (χ3n) is 2.80. The molecule has 8 nitrogen and oxygen atoms in total. The molecule has 20 heavy (non-hydrogen) atoms. The first kappa shape index (κ1) is 13.2. The van der Waals surface area contributed by atoms with E-state index in [9.17, 15) is 19.7 Å². The van der Waals surface area contributed by atoms with Crippen molar-refractivity contribution in [3.05, 3.63) is 66.5 Å². The van der Waals surface area contributed by atoms with Gasteiger partial charge in [0.2, 0.25) is 0 Å². The van der Waals surface area contributed by atoms with Gasteiger partial charge in [-0.15, -0.1) is 0 Å². The van der Waals surface area contributed by atoms with Crippen molar-refractivity contribution in [2.45, 2.75) is 6.92 Å². The van der Waals surface area contributed by atoms with E-state index in [0.29, 0.717) is 0 Å². The quantitative estimate of drug-likeness (QED) is 0.634. The molecule has 2 aromatic rings. The van der Waals surface area contributed by atoms with E-state index in [2.05, 4.69) is 0 Å². The maximum absolute atomic E-state index is 11.8. The van der Waals surface area contributed by atoms with E-state index in [1.807, 2.05) is 4.98 Å². The lowest BCUT2D eigenvalue weighted by Crippen LogP contribution is -2.30. The van der Waals surface area contributed by atoms with E-state index in [1.165, 1.54) is 25.1 Å². The number of nitrogens with one attached hydrogen (secondary N) is 1. The zero-order valence-electron chi connectivity index (χ0n) is 10.3. The fraction of sp³-hybridized carbons (Fsp3) is 0.0833. The lowest BCUT2D eigenvalue weighted by atomic mass is 10.1. The van der Waals surface area contributed by atoms with E-state index in [0.717, 1.165) is 10.8 Å². The lowest BCUT2D eigenvalue weighted by molar-refractivity contribution is -0.385. The van der Waals surface area contributed by atoms with Gasteiger partial charge in [-0.05, 0) is 13.0 Å². The normalized spacial score (nSPS) is 10.0. The molecule has 1 heterocycles. The van der Waals surface area contributed by atoms with E-state index in [4.69, 9.17) is 5.26 Å². The number of aromatic nitrogens is 2. The average molecular weight is 272 g/mol. The molecule has 0 spiro atoms. The molecule has 2 rings (SSSR count). The number of rotatable bonds is 2. The first-order valence-corrected chi connectivity index (χ1v) is 5.46. The molecule has 0 radical (unpaired) electrons. The highest BCUT2D eigenvalue weighted by atomic mass is 16.6. The predicted molar refractivity (Wildman–Crippen MR) is 68.8 cm³/mol. The molecule has 8 heteroatoms. The van der Waals surface area contributed by atoms with Gasteiger partial charge in [0.25, 0.3) is 11.2 Å². The van der Waals surface area contributed by atoms with Crippen molar-refractivity contribution in [3.63, 3.8) is 0 Å². The molecule has 0 amide bonds. The number of benzene rings is 1. The van der Waals surface area contributed by atoms with Crippen LogP contribution in [-0.2, 0) is 0 Å². The summed E-state index contributed by atoms with van der Waals surface area (Å²) >= 11 is 0. The Labute approximate surface area is 111 Å². The van der Waals surface area contributed by atoms with Gasteiger partial charge in [-0.1, -0.05) is 6.07 Å². The van der Waals surface area contributed by atoms with Gasteiger partial charge in [-0.2, -0.15) is 5.26 Å². The zero-order valence-corrected chi connectivity index (χ0v) is 10.3. The van der Waals surface area contributed by atoms with Gasteiger partial charge < -0.3 is 0 Å². The summed E-state index contributed by atoms with van der Waals surface area (Å²) in [6, 6.07) is 5.87. The topological polar surface area (TPSA) is 122 Å². The van der Waals surface area contributed by atoms with E-state index in [1.54, 1.807) is 6.07 Å².